The van der Waals surface area contributed by atoms with Crippen LogP contribution in [0.3, 0.4) is 0 Å². The molecule has 0 bridgehead atoms. The van der Waals surface area contributed by atoms with Crippen LogP contribution >= 0.6 is 0 Å². The predicted molar refractivity (Wildman–Crippen MR) is 95.4 cm³/mol. The molecule has 1 aliphatic rings. The lowest BCUT2D eigenvalue weighted by Crippen LogP contribution is -2.27. The summed E-state index contributed by atoms with van der Waals surface area (Å²) in [6, 6.07) is 12.6. The van der Waals surface area contributed by atoms with Crippen LogP contribution in [0.25, 0.3) is 0 Å². The van der Waals surface area contributed by atoms with Crippen LogP contribution in [0.4, 0.5) is 5.69 Å². The van der Waals surface area contributed by atoms with Crippen LogP contribution in [0.5, 0.6) is 0 Å². The van der Waals surface area contributed by atoms with E-state index in [4.69, 9.17) is 5.73 Å². The van der Waals surface area contributed by atoms with E-state index < -0.39 is 5.91 Å². The fraction of sp³-hybridized carbons (Fsp3) is 0.316. The zero-order valence-corrected chi connectivity index (χ0v) is 13.9. The van der Waals surface area contributed by atoms with Crippen LogP contribution in [-0.4, -0.2) is 17.4 Å². The van der Waals surface area contributed by atoms with Gasteiger partial charge in [0.25, 0.3) is 5.69 Å². The number of fused-ring (bicyclic) bond motifs is 1. The molecular formula is C19H21N3O3. The molecule has 0 spiro atoms. The lowest BCUT2D eigenvalue weighted by atomic mass is 9.87. The third-order valence-corrected chi connectivity index (χ3v) is 4.67. The Hall–Kier alpha value is -2.73. The van der Waals surface area contributed by atoms with E-state index in [0.717, 1.165) is 43.4 Å². The van der Waals surface area contributed by atoms with E-state index >= 15 is 0 Å². The number of nitro benzene ring substituents is 1. The second-order valence-electron chi connectivity index (χ2n) is 6.35. The molecule has 2 aromatic carbocycles. The van der Waals surface area contributed by atoms with Crippen LogP contribution in [0.1, 0.15) is 45.9 Å². The molecule has 0 radical (unpaired) electrons. The summed E-state index contributed by atoms with van der Waals surface area (Å²) < 4.78 is 0. The number of nitrogens with one attached hydrogen (secondary N) is 1. The largest absolute Gasteiger partial charge is 0.366 e. The number of hydrogen-bond acceptors (Lipinski definition) is 4. The molecular weight excluding hydrogens is 318 g/mol. The fourth-order valence-electron chi connectivity index (χ4n) is 3.38. The number of nitro groups is 1. The van der Waals surface area contributed by atoms with Crippen LogP contribution in [-0.2, 0) is 12.8 Å². The van der Waals surface area contributed by atoms with Crippen LogP contribution < -0.4 is 11.1 Å². The van der Waals surface area contributed by atoms with Gasteiger partial charge in [-0.3, -0.25) is 14.9 Å². The monoisotopic (exact) mass is 339 g/mol. The van der Waals surface area contributed by atoms with Crippen molar-refractivity contribution in [2.24, 2.45) is 5.73 Å². The van der Waals surface area contributed by atoms with Gasteiger partial charge in [-0.05, 0) is 61.1 Å². The number of nitrogens with two attached hydrogens (primary N) is 1. The molecule has 0 fully saturated rings. The zero-order valence-electron chi connectivity index (χ0n) is 13.9. The highest BCUT2D eigenvalue weighted by Crippen LogP contribution is 2.32. The highest BCUT2D eigenvalue weighted by atomic mass is 16.6. The molecule has 0 heterocycles. The van der Waals surface area contributed by atoms with Crippen LogP contribution in [0, 0.1) is 10.1 Å². The average molecular weight is 339 g/mol. The van der Waals surface area contributed by atoms with Crippen molar-refractivity contribution in [3.63, 3.8) is 0 Å². The molecule has 3 rings (SSSR count). The standard InChI is InChI=1S/C19H21N3O3/c20-19(23)15-5-1-3-13(11-15)9-10-21-18-6-2-4-14-7-8-16(22(24)25)12-17(14)18/h1,3,5,7-8,11-12,18,21H,2,4,6,9-10H2,(H2,20,23). The molecule has 1 amide bonds. The second-order valence-corrected chi connectivity index (χ2v) is 6.35. The van der Waals surface area contributed by atoms with Crippen molar-refractivity contribution < 1.29 is 9.72 Å². The summed E-state index contributed by atoms with van der Waals surface area (Å²) in [5.74, 6) is -0.427. The number of non-ortho nitro benzene ring substituents is 1. The first-order valence-corrected chi connectivity index (χ1v) is 8.44. The molecule has 25 heavy (non-hydrogen) atoms. The normalized spacial score (nSPS) is 16.2. The number of carbonyl (C=O) groups is 1. The fourth-order valence-corrected chi connectivity index (χ4v) is 3.38. The number of primary amides is 1. The minimum atomic E-state index is -0.427. The number of hydrogen-bond donors (Lipinski definition) is 2. The lowest BCUT2D eigenvalue weighted by molar-refractivity contribution is -0.385. The van der Waals surface area contributed by atoms with E-state index in [2.05, 4.69) is 5.32 Å². The van der Waals surface area contributed by atoms with E-state index in [-0.39, 0.29) is 16.7 Å². The second kappa shape index (κ2) is 7.44. The Morgan fingerprint density at radius 2 is 2.12 bits per heavy atom. The SMILES string of the molecule is NC(=O)c1cccc(CCNC2CCCc3ccc([N+](=O)[O-])cc32)c1. The number of rotatable bonds is 6. The molecule has 1 aliphatic carbocycles. The first kappa shape index (κ1) is 17.1. The zero-order chi connectivity index (χ0) is 17.8. The summed E-state index contributed by atoms with van der Waals surface area (Å²) >= 11 is 0. The third-order valence-electron chi connectivity index (χ3n) is 4.67. The molecule has 3 N–H and O–H groups in total. The smallest absolute Gasteiger partial charge is 0.269 e. The summed E-state index contributed by atoms with van der Waals surface area (Å²) in [6.45, 7) is 0.731. The molecule has 0 aliphatic heterocycles. The molecule has 6 nitrogen and oxygen atoms in total. The predicted octanol–water partition coefficient (Wildman–Crippen LogP) is 2.90. The molecule has 0 saturated heterocycles. The molecule has 130 valence electrons. The minimum absolute atomic E-state index is 0.128. The van der Waals surface area contributed by atoms with E-state index in [0.29, 0.717) is 5.56 Å². The van der Waals surface area contributed by atoms with Gasteiger partial charge in [-0.25, -0.2) is 0 Å². The number of amides is 1. The number of nitrogens with zero attached hydrogens (tertiary/aromatic N) is 1. The van der Waals surface area contributed by atoms with Crippen molar-refractivity contribution >= 4 is 11.6 Å². The first-order chi connectivity index (χ1) is 12.0. The highest BCUT2D eigenvalue weighted by Gasteiger charge is 2.22. The summed E-state index contributed by atoms with van der Waals surface area (Å²) in [6.07, 6.45) is 3.77. The van der Waals surface area contributed by atoms with Crippen LogP contribution in [0.2, 0.25) is 0 Å². The average Bonchev–Trinajstić information content (AvgIpc) is 2.61. The van der Waals surface area contributed by atoms with Crippen molar-refractivity contribution in [2.45, 2.75) is 31.7 Å². The summed E-state index contributed by atoms with van der Waals surface area (Å²) in [4.78, 5) is 21.9. The van der Waals surface area contributed by atoms with E-state index in [1.807, 2.05) is 24.3 Å². The van der Waals surface area contributed by atoms with Gasteiger partial charge in [-0.15, -0.1) is 0 Å². The van der Waals surface area contributed by atoms with E-state index in [1.165, 1.54) is 5.56 Å². The number of carbonyl (C=O) groups excluding carboxylic acids is 1. The van der Waals surface area contributed by atoms with Crippen molar-refractivity contribution in [1.82, 2.24) is 5.32 Å². The molecule has 1 atom stereocenters. The molecule has 6 heteroatoms. The Morgan fingerprint density at radius 3 is 2.88 bits per heavy atom. The molecule has 2 aromatic rings. The first-order valence-electron chi connectivity index (χ1n) is 8.44. The molecule has 0 saturated carbocycles. The van der Waals surface area contributed by atoms with Crippen molar-refractivity contribution in [2.75, 3.05) is 6.54 Å². The summed E-state index contributed by atoms with van der Waals surface area (Å²) in [5, 5.41) is 14.5. The van der Waals surface area contributed by atoms with Gasteiger partial charge in [0.2, 0.25) is 5.91 Å². The Balaban J connectivity index is 1.67. The Bertz CT molecular complexity index is 804. The lowest BCUT2D eigenvalue weighted by Gasteiger charge is -2.26. The van der Waals surface area contributed by atoms with Gasteiger partial charge in [-0.2, -0.15) is 0 Å². The van der Waals surface area contributed by atoms with E-state index in [1.54, 1.807) is 18.2 Å². The highest BCUT2D eigenvalue weighted by molar-refractivity contribution is 5.92. The van der Waals surface area contributed by atoms with Gasteiger partial charge in [0.15, 0.2) is 0 Å². The molecule has 1 unspecified atom stereocenters. The van der Waals surface area contributed by atoms with Gasteiger partial charge >= 0.3 is 0 Å². The number of benzene rings is 2. The Morgan fingerprint density at radius 1 is 1.28 bits per heavy atom. The summed E-state index contributed by atoms with van der Waals surface area (Å²) in [7, 11) is 0. The van der Waals surface area contributed by atoms with Crippen LogP contribution in [0.15, 0.2) is 42.5 Å². The van der Waals surface area contributed by atoms with Gasteiger partial charge in [-0.1, -0.05) is 18.2 Å². The van der Waals surface area contributed by atoms with Gasteiger partial charge in [0, 0.05) is 23.7 Å². The maximum atomic E-state index is 11.3. The topological polar surface area (TPSA) is 98.3 Å². The van der Waals surface area contributed by atoms with E-state index in [9.17, 15) is 14.9 Å². The van der Waals surface area contributed by atoms with Gasteiger partial charge in [0.1, 0.15) is 0 Å². The number of aryl methyl sites for hydroxylation is 1. The molecule has 0 aromatic heterocycles. The Labute approximate surface area is 146 Å². The van der Waals surface area contributed by atoms with Crippen molar-refractivity contribution in [1.29, 1.82) is 0 Å². The Kier molecular flexibility index (Phi) is 5.09. The van der Waals surface area contributed by atoms with Crippen molar-refractivity contribution in [3.8, 4) is 0 Å². The quantitative estimate of drug-likeness (QED) is 0.624. The van der Waals surface area contributed by atoms with Gasteiger partial charge < -0.3 is 11.1 Å². The maximum absolute atomic E-state index is 11.3. The summed E-state index contributed by atoms with van der Waals surface area (Å²) in [5.41, 5.74) is 9.22. The van der Waals surface area contributed by atoms with Gasteiger partial charge in [0.05, 0.1) is 4.92 Å². The van der Waals surface area contributed by atoms with Crippen molar-refractivity contribution in [3.05, 3.63) is 74.8 Å². The minimum Gasteiger partial charge on any atom is -0.366 e. The maximum Gasteiger partial charge on any atom is 0.269 e. The third kappa shape index (κ3) is 4.03.